The number of hydrogen-bond acceptors (Lipinski definition) is 4. The Kier molecular flexibility index (Phi) is 6.40. The van der Waals surface area contributed by atoms with E-state index in [4.69, 9.17) is 27.6 Å². The van der Waals surface area contributed by atoms with Gasteiger partial charge in [0.05, 0.1) is 20.7 Å². The molecule has 1 saturated heterocycles. The van der Waals surface area contributed by atoms with E-state index in [2.05, 4.69) is 4.90 Å². The van der Waals surface area contributed by atoms with Gasteiger partial charge in [0, 0.05) is 43.5 Å². The number of piperazine rings is 1. The van der Waals surface area contributed by atoms with Crippen LogP contribution >= 0.6 is 23.2 Å². The van der Waals surface area contributed by atoms with Gasteiger partial charge < -0.3 is 9.32 Å². The fraction of sp³-hybridized carbons (Fsp3) is 0.389. The summed E-state index contributed by atoms with van der Waals surface area (Å²) < 4.78 is 17.9. The molecule has 1 fully saturated rings. The highest BCUT2D eigenvalue weighted by molar-refractivity contribution is 7.85. The van der Waals surface area contributed by atoms with Gasteiger partial charge in [-0.3, -0.25) is 13.9 Å². The van der Waals surface area contributed by atoms with Gasteiger partial charge in [0.2, 0.25) is 0 Å². The standard InChI is InChI=1S/C18H20Cl2N2O3S/c1-13-2-5-16(25-13)18(23)22-8-6-21(7-9-22)10-11-26(24)17-12-14(19)3-4-15(17)20/h2-5,12H,6-11H2,1H3. The Balaban J connectivity index is 1.49. The number of nitrogens with zero attached hydrogens (tertiary/aromatic N) is 2. The molecule has 0 spiro atoms. The molecule has 5 nitrogen and oxygen atoms in total. The van der Waals surface area contributed by atoms with Gasteiger partial charge in [-0.2, -0.15) is 0 Å². The lowest BCUT2D eigenvalue weighted by Gasteiger charge is -2.34. The molecular weight excluding hydrogens is 395 g/mol. The van der Waals surface area contributed by atoms with Crippen molar-refractivity contribution < 1.29 is 13.4 Å². The second kappa shape index (κ2) is 8.57. The van der Waals surface area contributed by atoms with Crippen LogP contribution in [0.2, 0.25) is 10.0 Å². The topological polar surface area (TPSA) is 53.8 Å². The van der Waals surface area contributed by atoms with Crippen LogP contribution in [-0.4, -0.2) is 58.4 Å². The zero-order valence-electron chi connectivity index (χ0n) is 14.4. The van der Waals surface area contributed by atoms with Crippen molar-refractivity contribution in [1.29, 1.82) is 0 Å². The van der Waals surface area contributed by atoms with E-state index < -0.39 is 10.8 Å². The summed E-state index contributed by atoms with van der Waals surface area (Å²) >= 11 is 12.1. The Morgan fingerprint density at radius 1 is 1.15 bits per heavy atom. The monoisotopic (exact) mass is 414 g/mol. The highest BCUT2D eigenvalue weighted by Gasteiger charge is 2.24. The third kappa shape index (κ3) is 4.68. The zero-order chi connectivity index (χ0) is 18.7. The highest BCUT2D eigenvalue weighted by atomic mass is 35.5. The van der Waals surface area contributed by atoms with Gasteiger partial charge in [-0.1, -0.05) is 23.2 Å². The Labute approximate surface area is 165 Å². The largest absolute Gasteiger partial charge is 0.456 e. The Hall–Kier alpha value is -1.34. The molecule has 3 rings (SSSR count). The molecule has 2 heterocycles. The summed E-state index contributed by atoms with van der Waals surface area (Å²) in [6.45, 7) is 5.24. The summed E-state index contributed by atoms with van der Waals surface area (Å²) in [5.74, 6) is 1.51. The maximum absolute atomic E-state index is 12.5. The minimum Gasteiger partial charge on any atom is -0.456 e. The smallest absolute Gasteiger partial charge is 0.289 e. The quantitative estimate of drug-likeness (QED) is 0.751. The maximum atomic E-state index is 12.5. The molecule has 1 unspecified atom stereocenters. The first kappa shape index (κ1) is 19.4. The van der Waals surface area contributed by atoms with Crippen LogP contribution < -0.4 is 0 Å². The molecule has 1 aliphatic rings. The number of rotatable bonds is 5. The second-order valence-electron chi connectivity index (χ2n) is 6.17. The van der Waals surface area contributed by atoms with Crippen LogP contribution in [0.15, 0.2) is 39.6 Å². The van der Waals surface area contributed by atoms with E-state index in [0.717, 1.165) is 18.8 Å². The van der Waals surface area contributed by atoms with Crippen molar-refractivity contribution >= 4 is 39.9 Å². The van der Waals surface area contributed by atoms with Crippen LogP contribution in [0.4, 0.5) is 0 Å². The van der Waals surface area contributed by atoms with Crippen LogP contribution in [-0.2, 0) is 10.8 Å². The summed E-state index contributed by atoms with van der Waals surface area (Å²) in [6.07, 6.45) is 0. The van der Waals surface area contributed by atoms with Gasteiger partial charge in [0.15, 0.2) is 5.76 Å². The minimum absolute atomic E-state index is 0.0768. The third-order valence-electron chi connectivity index (χ3n) is 4.34. The van der Waals surface area contributed by atoms with Crippen LogP contribution in [0.5, 0.6) is 0 Å². The van der Waals surface area contributed by atoms with E-state index in [9.17, 15) is 9.00 Å². The average molecular weight is 415 g/mol. The first-order valence-electron chi connectivity index (χ1n) is 8.35. The molecule has 26 heavy (non-hydrogen) atoms. The summed E-state index contributed by atoms with van der Waals surface area (Å²) in [6, 6.07) is 8.50. The van der Waals surface area contributed by atoms with Crippen molar-refractivity contribution in [3.63, 3.8) is 0 Å². The number of amides is 1. The molecule has 0 saturated carbocycles. The molecule has 1 atom stereocenters. The van der Waals surface area contributed by atoms with E-state index in [1.165, 1.54) is 0 Å². The molecule has 1 amide bonds. The molecule has 8 heteroatoms. The van der Waals surface area contributed by atoms with Crippen molar-refractivity contribution in [3.05, 3.63) is 51.9 Å². The van der Waals surface area contributed by atoms with Crippen LogP contribution in [0.1, 0.15) is 16.3 Å². The molecule has 0 bridgehead atoms. The van der Waals surface area contributed by atoms with Gasteiger partial charge in [-0.05, 0) is 37.3 Å². The Morgan fingerprint density at radius 3 is 2.54 bits per heavy atom. The minimum atomic E-state index is -1.21. The van der Waals surface area contributed by atoms with Crippen molar-refractivity contribution in [3.8, 4) is 0 Å². The number of halogens is 2. The van der Waals surface area contributed by atoms with Crippen molar-refractivity contribution in [2.45, 2.75) is 11.8 Å². The summed E-state index contributed by atoms with van der Waals surface area (Å²) in [7, 11) is -1.21. The molecule has 1 aromatic heterocycles. The van der Waals surface area contributed by atoms with Crippen LogP contribution in [0.25, 0.3) is 0 Å². The van der Waals surface area contributed by atoms with Gasteiger partial charge in [0.1, 0.15) is 5.76 Å². The van der Waals surface area contributed by atoms with Gasteiger partial charge in [-0.15, -0.1) is 0 Å². The van der Waals surface area contributed by atoms with Crippen LogP contribution in [0.3, 0.4) is 0 Å². The fourth-order valence-electron chi connectivity index (χ4n) is 2.85. The van der Waals surface area contributed by atoms with Gasteiger partial charge in [0.25, 0.3) is 5.91 Å². The number of furan rings is 1. The fourth-order valence-corrected chi connectivity index (χ4v) is 4.65. The van der Waals surface area contributed by atoms with Gasteiger partial charge >= 0.3 is 0 Å². The lowest BCUT2D eigenvalue weighted by atomic mass is 10.3. The summed E-state index contributed by atoms with van der Waals surface area (Å²) in [4.78, 5) is 16.9. The molecule has 0 radical (unpaired) electrons. The van der Waals surface area contributed by atoms with E-state index in [-0.39, 0.29) is 5.91 Å². The lowest BCUT2D eigenvalue weighted by molar-refractivity contribution is 0.0612. The number of carbonyl (C=O) groups is 1. The molecule has 0 N–H and O–H groups in total. The SMILES string of the molecule is Cc1ccc(C(=O)N2CCN(CCS(=O)c3cc(Cl)ccc3Cl)CC2)o1. The van der Waals surface area contributed by atoms with E-state index in [1.54, 1.807) is 35.2 Å². The molecular formula is C18H20Cl2N2O3S. The zero-order valence-corrected chi connectivity index (χ0v) is 16.7. The van der Waals surface area contributed by atoms with Crippen molar-refractivity contribution in [2.24, 2.45) is 0 Å². The van der Waals surface area contributed by atoms with Crippen molar-refractivity contribution in [2.75, 3.05) is 38.5 Å². The van der Waals surface area contributed by atoms with E-state index in [1.807, 2.05) is 6.92 Å². The predicted octanol–water partition coefficient (Wildman–Crippen LogP) is 3.46. The van der Waals surface area contributed by atoms with E-state index >= 15 is 0 Å². The lowest BCUT2D eigenvalue weighted by Crippen LogP contribution is -2.49. The number of carbonyl (C=O) groups excluding carboxylic acids is 1. The number of benzene rings is 1. The average Bonchev–Trinajstić information content (AvgIpc) is 3.08. The van der Waals surface area contributed by atoms with Crippen LogP contribution in [0, 0.1) is 6.92 Å². The number of aryl methyl sites for hydroxylation is 1. The normalized spacial score (nSPS) is 16.7. The predicted molar refractivity (Wildman–Crippen MR) is 104 cm³/mol. The number of hydrogen-bond donors (Lipinski definition) is 0. The van der Waals surface area contributed by atoms with Crippen molar-refractivity contribution in [1.82, 2.24) is 9.80 Å². The molecule has 1 aromatic carbocycles. The van der Waals surface area contributed by atoms with Gasteiger partial charge in [-0.25, -0.2) is 0 Å². The molecule has 2 aromatic rings. The first-order chi connectivity index (χ1) is 12.4. The second-order valence-corrected chi connectivity index (χ2v) is 8.55. The molecule has 1 aliphatic heterocycles. The molecule has 0 aliphatic carbocycles. The summed E-state index contributed by atoms with van der Waals surface area (Å²) in [5.41, 5.74) is 0. The first-order valence-corrected chi connectivity index (χ1v) is 10.4. The molecule has 140 valence electrons. The maximum Gasteiger partial charge on any atom is 0.289 e. The summed E-state index contributed by atoms with van der Waals surface area (Å²) in [5, 5.41) is 0.995. The van der Waals surface area contributed by atoms with E-state index in [0.29, 0.717) is 46.1 Å². The highest BCUT2D eigenvalue weighted by Crippen LogP contribution is 2.24. The Bertz CT molecular complexity index is 817. The third-order valence-corrected chi connectivity index (χ3v) is 6.40. The Morgan fingerprint density at radius 2 is 1.88 bits per heavy atom.